The molecule has 0 saturated heterocycles. The number of carbonyl (C=O) groups is 1. The van der Waals surface area contributed by atoms with Gasteiger partial charge in [0, 0.05) is 22.8 Å². The molecule has 0 radical (unpaired) electrons. The molecule has 2 rings (SSSR count). The minimum Gasteiger partial charge on any atom is -0.370 e. The molecule has 0 aliphatic carbocycles. The summed E-state index contributed by atoms with van der Waals surface area (Å²) in [5.74, 6) is 0.565. The molecule has 2 aromatic rings. The van der Waals surface area contributed by atoms with E-state index in [0.717, 1.165) is 18.7 Å². The molecule has 0 amide bonds. The van der Waals surface area contributed by atoms with Crippen LogP contribution < -0.4 is 5.32 Å². The quantitative estimate of drug-likeness (QED) is 0.847. The van der Waals surface area contributed by atoms with Gasteiger partial charge in [-0.25, -0.2) is 4.98 Å². The molecule has 0 spiro atoms. The molecule has 1 N–H and O–H groups in total. The van der Waals surface area contributed by atoms with Gasteiger partial charge in [-0.1, -0.05) is 30.7 Å². The molecule has 4 heteroatoms. The predicted octanol–water partition coefficient (Wildman–Crippen LogP) is 3.96. The van der Waals surface area contributed by atoms with E-state index >= 15 is 0 Å². The Hall–Kier alpha value is -1.87. The summed E-state index contributed by atoms with van der Waals surface area (Å²) in [5, 5.41) is 3.71. The first-order chi connectivity index (χ1) is 9.65. The highest BCUT2D eigenvalue weighted by Gasteiger charge is 2.15. The number of nitrogens with one attached hydrogen (secondary N) is 1. The van der Waals surface area contributed by atoms with E-state index in [4.69, 9.17) is 11.6 Å². The van der Waals surface area contributed by atoms with Gasteiger partial charge in [-0.2, -0.15) is 0 Å². The molecular weight excluding hydrogens is 272 g/mol. The van der Waals surface area contributed by atoms with Crippen LogP contribution in [0.2, 0.25) is 5.02 Å². The third-order valence-electron chi connectivity index (χ3n) is 2.99. The van der Waals surface area contributed by atoms with Crippen LogP contribution in [-0.2, 0) is 6.42 Å². The monoisotopic (exact) mass is 288 g/mol. The van der Waals surface area contributed by atoms with E-state index in [-0.39, 0.29) is 5.78 Å². The van der Waals surface area contributed by atoms with Crippen molar-refractivity contribution >= 4 is 23.2 Å². The molecular formula is C16H17ClN2O. The maximum atomic E-state index is 12.6. The lowest BCUT2D eigenvalue weighted by Gasteiger charge is -2.10. The first-order valence-corrected chi connectivity index (χ1v) is 7.07. The van der Waals surface area contributed by atoms with Crippen molar-refractivity contribution in [3.05, 3.63) is 58.2 Å². The van der Waals surface area contributed by atoms with Gasteiger partial charge in [0.05, 0.1) is 5.56 Å². The maximum Gasteiger partial charge on any atom is 0.196 e. The van der Waals surface area contributed by atoms with E-state index in [2.05, 4.69) is 10.3 Å². The summed E-state index contributed by atoms with van der Waals surface area (Å²) in [4.78, 5) is 17.0. The van der Waals surface area contributed by atoms with Crippen LogP contribution in [0.4, 0.5) is 5.82 Å². The molecule has 1 aromatic carbocycles. The molecule has 20 heavy (non-hydrogen) atoms. The maximum absolute atomic E-state index is 12.6. The van der Waals surface area contributed by atoms with Crippen LogP contribution in [0.5, 0.6) is 0 Å². The molecule has 0 saturated carbocycles. The topological polar surface area (TPSA) is 42.0 Å². The van der Waals surface area contributed by atoms with Crippen molar-refractivity contribution in [3.63, 3.8) is 0 Å². The number of ketones is 1. The van der Waals surface area contributed by atoms with E-state index in [1.165, 1.54) is 0 Å². The molecule has 3 nitrogen and oxygen atoms in total. The third-order valence-corrected chi connectivity index (χ3v) is 3.23. The second-order valence-corrected chi connectivity index (χ2v) is 4.86. The van der Waals surface area contributed by atoms with Crippen LogP contribution in [0.1, 0.15) is 35.5 Å². The van der Waals surface area contributed by atoms with E-state index < -0.39 is 0 Å². The Morgan fingerprint density at radius 2 is 2.05 bits per heavy atom. The smallest absolute Gasteiger partial charge is 0.196 e. The lowest BCUT2D eigenvalue weighted by molar-refractivity contribution is 0.103. The lowest BCUT2D eigenvalue weighted by atomic mass is 10.0. The van der Waals surface area contributed by atoms with Gasteiger partial charge in [0.1, 0.15) is 5.82 Å². The molecule has 0 bridgehead atoms. The van der Waals surface area contributed by atoms with Gasteiger partial charge in [-0.3, -0.25) is 4.79 Å². The molecule has 0 aliphatic heterocycles. The van der Waals surface area contributed by atoms with E-state index in [0.29, 0.717) is 22.0 Å². The summed E-state index contributed by atoms with van der Waals surface area (Å²) >= 11 is 5.94. The Balaban J connectivity index is 2.43. The first-order valence-electron chi connectivity index (χ1n) is 6.69. The van der Waals surface area contributed by atoms with Crippen LogP contribution in [0.25, 0.3) is 0 Å². The summed E-state index contributed by atoms with van der Waals surface area (Å²) < 4.78 is 0. The van der Waals surface area contributed by atoms with Gasteiger partial charge in [0.25, 0.3) is 0 Å². The van der Waals surface area contributed by atoms with E-state index in [1.54, 1.807) is 24.3 Å². The standard InChI is InChI=1S/C16H17ClN2O/c1-3-13-8-9-14(16(19-13)18-4-2)15(20)11-6-5-7-12(17)10-11/h5-10H,3-4H2,1-2H3,(H,18,19). The minimum absolute atomic E-state index is 0.0707. The number of halogens is 1. The molecule has 0 unspecified atom stereocenters. The van der Waals surface area contributed by atoms with Gasteiger partial charge in [-0.05, 0) is 37.6 Å². The zero-order valence-electron chi connectivity index (χ0n) is 11.6. The Bertz CT molecular complexity index is 626. The molecule has 0 aliphatic rings. The Morgan fingerprint density at radius 3 is 2.70 bits per heavy atom. The van der Waals surface area contributed by atoms with Crippen molar-refractivity contribution in [2.24, 2.45) is 0 Å². The summed E-state index contributed by atoms with van der Waals surface area (Å²) in [5.41, 5.74) is 2.11. The van der Waals surface area contributed by atoms with Crippen LogP contribution in [0.15, 0.2) is 36.4 Å². The van der Waals surface area contributed by atoms with Crippen molar-refractivity contribution < 1.29 is 4.79 Å². The van der Waals surface area contributed by atoms with Crippen molar-refractivity contribution in [2.45, 2.75) is 20.3 Å². The average Bonchev–Trinajstić information content (AvgIpc) is 2.47. The number of pyridine rings is 1. The zero-order valence-corrected chi connectivity index (χ0v) is 12.4. The third kappa shape index (κ3) is 3.17. The van der Waals surface area contributed by atoms with E-state index in [1.807, 2.05) is 26.0 Å². The van der Waals surface area contributed by atoms with Gasteiger partial charge in [0.15, 0.2) is 5.78 Å². The summed E-state index contributed by atoms with van der Waals surface area (Å²) in [7, 11) is 0. The summed E-state index contributed by atoms with van der Waals surface area (Å²) in [6.45, 7) is 4.74. The van der Waals surface area contributed by atoms with Gasteiger partial charge < -0.3 is 5.32 Å². The predicted molar refractivity (Wildman–Crippen MR) is 82.7 cm³/mol. The van der Waals surface area contributed by atoms with Crippen LogP contribution in [-0.4, -0.2) is 17.3 Å². The summed E-state index contributed by atoms with van der Waals surface area (Å²) in [6, 6.07) is 10.7. The highest BCUT2D eigenvalue weighted by atomic mass is 35.5. The molecule has 1 aromatic heterocycles. The second kappa shape index (κ2) is 6.53. The van der Waals surface area contributed by atoms with Crippen LogP contribution in [0, 0.1) is 0 Å². The number of aryl methyl sites for hydroxylation is 1. The van der Waals surface area contributed by atoms with Gasteiger partial charge >= 0.3 is 0 Å². The highest BCUT2D eigenvalue weighted by molar-refractivity contribution is 6.31. The van der Waals surface area contributed by atoms with Crippen molar-refractivity contribution in [3.8, 4) is 0 Å². The van der Waals surface area contributed by atoms with Crippen LogP contribution in [0.3, 0.4) is 0 Å². The van der Waals surface area contributed by atoms with Crippen molar-refractivity contribution in [2.75, 3.05) is 11.9 Å². The largest absolute Gasteiger partial charge is 0.370 e. The lowest BCUT2D eigenvalue weighted by Crippen LogP contribution is -2.10. The highest BCUT2D eigenvalue weighted by Crippen LogP contribution is 2.20. The number of nitrogens with zero attached hydrogens (tertiary/aromatic N) is 1. The number of carbonyl (C=O) groups excluding carboxylic acids is 1. The first kappa shape index (κ1) is 14.5. The van der Waals surface area contributed by atoms with Crippen molar-refractivity contribution in [1.82, 2.24) is 4.98 Å². The fraction of sp³-hybridized carbons (Fsp3) is 0.250. The molecule has 0 atom stereocenters. The fourth-order valence-corrected chi connectivity index (χ4v) is 2.16. The molecule has 1 heterocycles. The number of hydrogen-bond acceptors (Lipinski definition) is 3. The van der Waals surface area contributed by atoms with Crippen molar-refractivity contribution in [1.29, 1.82) is 0 Å². The Morgan fingerprint density at radius 1 is 1.25 bits per heavy atom. The fourth-order valence-electron chi connectivity index (χ4n) is 1.97. The number of anilines is 1. The Kier molecular flexibility index (Phi) is 4.74. The summed E-state index contributed by atoms with van der Waals surface area (Å²) in [6.07, 6.45) is 0.837. The normalized spacial score (nSPS) is 10.3. The number of hydrogen-bond donors (Lipinski definition) is 1. The average molecular weight is 289 g/mol. The SMILES string of the molecule is CCNc1nc(CC)ccc1C(=O)c1cccc(Cl)c1. The van der Waals surface area contributed by atoms with Crippen LogP contribution >= 0.6 is 11.6 Å². The number of rotatable bonds is 5. The van der Waals surface area contributed by atoms with Gasteiger partial charge in [0.2, 0.25) is 0 Å². The molecule has 104 valence electrons. The Labute approximate surface area is 124 Å². The number of benzene rings is 1. The molecule has 0 fully saturated rings. The second-order valence-electron chi connectivity index (χ2n) is 4.42. The number of aromatic nitrogens is 1. The van der Waals surface area contributed by atoms with Gasteiger partial charge in [-0.15, -0.1) is 0 Å². The minimum atomic E-state index is -0.0707. The van der Waals surface area contributed by atoms with E-state index in [9.17, 15) is 4.79 Å². The zero-order chi connectivity index (χ0) is 14.5.